The van der Waals surface area contributed by atoms with Gasteiger partial charge >= 0.3 is 5.97 Å². The van der Waals surface area contributed by atoms with E-state index in [4.69, 9.17) is 18.9 Å². The molecule has 1 amide bonds. The maximum absolute atomic E-state index is 14.2. The van der Waals surface area contributed by atoms with Crippen LogP contribution in [-0.4, -0.2) is 124 Å². The predicted molar refractivity (Wildman–Crippen MR) is 208 cm³/mol. The first-order valence-electron chi connectivity index (χ1n) is 20.5. The van der Waals surface area contributed by atoms with Crippen LogP contribution in [0.2, 0.25) is 0 Å². The molecular formula is C43H67NO12. The van der Waals surface area contributed by atoms with Gasteiger partial charge in [0.25, 0.3) is 11.7 Å². The van der Waals surface area contributed by atoms with Crippen LogP contribution in [0.1, 0.15) is 105 Å². The van der Waals surface area contributed by atoms with Crippen molar-refractivity contribution in [3.05, 3.63) is 36.0 Å². The van der Waals surface area contributed by atoms with Gasteiger partial charge in [-0.05, 0) is 95.5 Å². The number of cyclic esters (lactones) is 1. The summed E-state index contributed by atoms with van der Waals surface area (Å²) in [6.07, 6.45) is 3.36. The lowest BCUT2D eigenvalue weighted by molar-refractivity contribution is -0.302. The van der Waals surface area contributed by atoms with Crippen LogP contribution in [0.4, 0.5) is 0 Å². The van der Waals surface area contributed by atoms with Gasteiger partial charge in [0.05, 0.1) is 30.5 Å². The fraction of sp³-hybridized carbons (Fsp3) is 0.767. The molecule has 14 atom stereocenters. The number of amides is 1. The van der Waals surface area contributed by atoms with Gasteiger partial charge in [0, 0.05) is 44.9 Å². The standard InChI is InChI=1S/C43H67NO12/c1-9-12-30-18-24(2)17-25(3)19-36(53-7)39-37(54-8)21-27(5)43(52,56-39)40(49)41(50)44-16-11-10-13-31(44)42(51)55-38(28(6)33(46)23-34(30)47)26(4)20-29-14-15-32(45)35(48)22-29/h9,18,20,25,27-33,35-39,45-46,48,52H,1,10-17,19,21-23H2,2-8H3/b24-18+,26-20+/t25-,27+,28+,29?,30+,31?,32+,33-,35+,36-,37-,38+,39?,43+/m0/s1. The summed E-state index contributed by atoms with van der Waals surface area (Å²) in [4.78, 5) is 57.6. The van der Waals surface area contributed by atoms with Gasteiger partial charge in [-0.2, -0.15) is 0 Å². The number of fused-ring (bicyclic) bond motifs is 3. The van der Waals surface area contributed by atoms with Crippen LogP contribution in [0.3, 0.4) is 0 Å². The number of hydrogen-bond acceptors (Lipinski definition) is 12. The zero-order chi connectivity index (χ0) is 41.5. The topological polar surface area (TPSA) is 189 Å². The monoisotopic (exact) mass is 789 g/mol. The normalized spacial score (nSPS) is 41.5. The number of allylic oxidation sites excluding steroid dienone is 4. The molecule has 3 heterocycles. The van der Waals surface area contributed by atoms with Crippen LogP contribution < -0.4 is 0 Å². The van der Waals surface area contributed by atoms with Crippen molar-refractivity contribution in [1.29, 1.82) is 0 Å². The maximum Gasteiger partial charge on any atom is 0.329 e. The second-order valence-electron chi connectivity index (χ2n) is 17.1. The van der Waals surface area contributed by atoms with Crippen LogP contribution >= 0.6 is 0 Å². The number of carbonyl (C=O) groups is 4. The van der Waals surface area contributed by atoms with Gasteiger partial charge in [0.2, 0.25) is 5.79 Å². The van der Waals surface area contributed by atoms with E-state index in [0.29, 0.717) is 56.9 Å². The van der Waals surface area contributed by atoms with Crippen molar-refractivity contribution < 1.29 is 58.6 Å². The number of ether oxygens (including phenoxy) is 4. The Morgan fingerprint density at radius 1 is 0.946 bits per heavy atom. The first-order chi connectivity index (χ1) is 26.4. The Balaban J connectivity index is 1.78. The molecule has 0 spiro atoms. The third-order valence-electron chi connectivity index (χ3n) is 12.6. The predicted octanol–water partition coefficient (Wildman–Crippen LogP) is 3.98. The SMILES string of the molecule is C=CC[C@@H]1/C=C(\C)C[C@H](C)C[C@H](OC)C2O[C@@](O)(C(=O)C(=O)N3CCCCC3C(=O)O[C@H](/C(C)=C/C3CC[C@@H](O)[C@H](O)C3)[C@H](C)[C@@H](O)CC1=O)[C@H](C)C[C@@H]2OC. The molecule has 4 aliphatic rings. The molecule has 1 aliphatic carbocycles. The Bertz CT molecular complexity index is 1460. The zero-order valence-corrected chi connectivity index (χ0v) is 34.4. The van der Waals surface area contributed by atoms with Gasteiger partial charge in [0.15, 0.2) is 0 Å². The van der Waals surface area contributed by atoms with E-state index in [-0.39, 0.29) is 43.4 Å². The Morgan fingerprint density at radius 3 is 2.27 bits per heavy atom. The first kappa shape index (κ1) is 45.9. The number of carbonyl (C=O) groups excluding carboxylic acids is 4. The Morgan fingerprint density at radius 2 is 1.62 bits per heavy atom. The molecule has 3 aliphatic heterocycles. The number of aliphatic hydroxyl groups is 4. The fourth-order valence-electron chi connectivity index (χ4n) is 9.19. The fourth-order valence-corrected chi connectivity index (χ4v) is 9.19. The molecule has 0 radical (unpaired) electrons. The van der Waals surface area contributed by atoms with E-state index >= 15 is 0 Å². The molecule has 13 nitrogen and oxygen atoms in total. The van der Waals surface area contributed by atoms with E-state index in [1.165, 1.54) is 14.2 Å². The summed E-state index contributed by atoms with van der Waals surface area (Å²) in [5.41, 5.74) is 1.54. The molecule has 0 aromatic heterocycles. The third-order valence-corrected chi connectivity index (χ3v) is 12.6. The second kappa shape index (κ2) is 20.3. The molecule has 0 aromatic carbocycles. The second-order valence-corrected chi connectivity index (χ2v) is 17.1. The summed E-state index contributed by atoms with van der Waals surface area (Å²) in [6.45, 7) is 13.0. The Hall–Kier alpha value is -2.78. The van der Waals surface area contributed by atoms with E-state index in [0.717, 1.165) is 10.5 Å². The number of hydrogen-bond donors (Lipinski definition) is 4. The van der Waals surface area contributed by atoms with E-state index < -0.39 is 90.0 Å². The molecule has 4 N–H and O–H groups in total. The molecule has 4 rings (SSSR count). The van der Waals surface area contributed by atoms with E-state index in [9.17, 15) is 39.6 Å². The summed E-state index contributed by atoms with van der Waals surface area (Å²) in [5.74, 6) is -8.03. The van der Waals surface area contributed by atoms with Gasteiger partial charge in [0.1, 0.15) is 24.0 Å². The van der Waals surface area contributed by atoms with Gasteiger partial charge in [-0.3, -0.25) is 14.4 Å². The highest BCUT2D eigenvalue weighted by Crippen LogP contribution is 2.39. The molecule has 13 heteroatoms. The van der Waals surface area contributed by atoms with Crippen molar-refractivity contribution in [1.82, 2.24) is 4.90 Å². The van der Waals surface area contributed by atoms with Gasteiger partial charge in [-0.25, -0.2) is 4.79 Å². The number of rotatable bonds is 6. The molecule has 2 saturated heterocycles. The number of nitrogens with zero attached hydrogens (tertiary/aromatic N) is 1. The molecule has 56 heavy (non-hydrogen) atoms. The molecular weight excluding hydrogens is 722 g/mol. The quantitative estimate of drug-likeness (QED) is 0.172. The average molecular weight is 790 g/mol. The number of esters is 1. The van der Waals surface area contributed by atoms with Gasteiger partial charge < -0.3 is 44.3 Å². The highest BCUT2D eigenvalue weighted by atomic mass is 16.7. The van der Waals surface area contributed by atoms with Crippen LogP contribution in [-0.2, 0) is 38.1 Å². The average Bonchev–Trinajstić information content (AvgIpc) is 3.16. The van der Waals surface area contributed by atoms with Crippen molar-refractivity contribution in [2.45, 2.75) is 160 Å². The summed E-state index contributed by atoms with van der Waals surface area (Å²) in [7, 11) is 3.04. The zero-order valence-electron chi connectivity index (χ0n) is 34.4. The molecule has 0 aromatic rings. The molecule has 1 saturated carbocycles. The number of piperidine rings is 1. The molecule has 3 fully saturated rings. The third kappa shape index (κ3) is 10.8. The lowest BCUT2D eigenvalue weighted by Gasteiger charge is -2.47. The highest BCUT2D eigenvalue weighted by Gasteiger charge is 2.56. The number of ketones is 2. The summed E-state index contributed by atoms with van der Waals surface area (Å²) in [6, 6.07) is -1.16. The van der Waals surface area contributed by atoms with Crippen molar-refractivity contribution >= 4 is 23.4 Å². The smallest absolute Gasteiger partial charge is 0.329 e. The molecule has 2 bridgehead atoms. The lowest BCUT2D eigenvalue weighted by Crippen LogP contribution is -2.64. The van der Waals surface area contributed by atoms with Crippen molar-refractivity contribution in [3.8, 4) is 0 Å². The molecule has 316 valence electrons. The van der Waals surface area contributed by atoms with Crippen LogP contribution in [0, 0.1) is 29.6 Å². The minimum absolute atomic E-state index is 0.00242. The van der Waals surface area contributed by atoms with Crippen molar-refractivity contribution in [2.24, 2.45) is 29.6 Å². The van der Waals surface area contributed by atoms with Gasteiger partial charge in [-0.15, -0.1) is 6.58 Å². The van der Waals surface area contributed by atoms with Crippen LogP contribution in [0.5, 0.6) is 0 Å². The van der Waals surface area contributed by atoms with Crippen molar-refractivity contribution in [2.75, 3.05) is 20.8 Å². The lowest BCUT2D eigenvalue weighted by atomic mass is 9.81. The molecule has 3 unspecified atom stereocenters. The largest absolute Gasteiger partial charge is 0.456 e. The van der Waals surface area contributed by atoms with E-state index in [2.05, 4.69) is 6.58 Å². The van der Waals surface area contributed by atoms with Crippen LogP contribution in [0.15, 0.2) is 36.0 Å². The highest BCUT2D eigenvalue weighted by molar-refractivity contribution is 6.39. The van der Waals surface area contributed by atoms with Crippen LogP contribution in [0.25, 0.3) is 0 Å². The van der Waals surface area contributed by atoms with Gasteiger partial charge in [-0.1, -0.05) is 44.6 Å². The Labute approximate surface area is 332 Å². The van der Waals surface area contributed by atoms with E-state index in [1.54, 1.807) is 26.8 Å². The minimum Gasteiger partial charge on any atom is -0.456 e. The first-order valence-corrected chi connectivity index (χ1v) is 20.5. The van der Waals surface area contributed by atoms with Crippen molar-refractivity contribution in [3.63, 3.8) is 0 Å². The van der Waals surface area contributed by atoms with E-state index in [1.807, 2.05) is 26.0 Å². The summed E-state index contributed by atoms with van der Waals surface area (Å²) < 4.78 is 24.1. The maximum atomic E-state index is 14.2. The minimum atomic E-state index is -2.52. The summed E-state index contributed by atoms with van der Waals surface area (Å²) in [5, 5.41) is 44.1. The number of aliphatic hydroxyl groups excluding tert-OH is 3. The number of methoxy groups -OCH3 is 2. The summed E-state index contributed by atoms with van der Waals surface area (Å²) >= 11 is 0. The Kier molecular flexibility index (Phi) is 16.6. The number of Topliss-reactive ketones (excluding diaryl/α,β-unsaturated/α-hetero) is 2.